The predicted octanol–water partition coefficient (Wildman–Crippen LogP) is 1.62. The Kier molecular flexibility index (Phi) is 5.46. The molecule has 136 valence electrons. The van der Waals surface area contributed by atoms with Crippen molar-refractivity contribution >= 4 is 11.9 Å². The molecule has 0 spiro atoms. The third kappa shape index (κ3) is 4.17. The Bertz CT molecular complexity index is 763. The van der Waals surface area contributed by atoms with Crippen molar-refractivity contribution in [1.82, 2.24) is 19.8 Å². The van der Waals surface area contributed by atoms with Gasteiger partial charge in [-0.05, 0) is 37.6 Å². The van der Waals surface area contributed by atoms with Gasteiger partial charge in [-0.1, -0.05) is 6.07 Å². The van der Waals surface area contributed by atoms with Crippen LogP contribution in [0.25, 0.3) is 0 Å². The number of rotatable bonds is 5. The molecule has 0 aromatic carbocycles. The summed E-state index contributed by atoms with van der Waals surface area (Å²) < 4.78 is 0. The second kappa shape index (κ2) is 7.95. The lowest BCUT2D eigenvalue weighted by Gasteiger charge is -2.27. The molecule has 3 rings (SSSR count). The molecule has 1 fully saturated rings. The average molecular weight is 353 g/mol. The molecule has 2 aromatic rings. The van der Waals surface area contributed by atoms with Crippen molar-refractivity contribution in [3.63, 3.8) is 0 Å². The van der Waals surface area contributed by atoms with Gasteiger partial charge in [-0.15, -0.1) is 0 Å². The van der Waals surface area contributed by atoms with E-state index in [1.165, 1.54) is 0 Å². The number of nitrogens with two attached hydrogens (primary N) is 1. The summed E-state index contributed by atoms with van der Waals surface area (Å²) in [4.78, 5) is 36.4. The zero-order chi connectivity index (χ0) is 18.5. The minimum atomic E-state index is -0.461. The predicted molar refractivity (Wildman–Crippen MR) is 97.5 cm³/mol. The van der Waals surface area contributed by atoms with Gasteiger partial charge in [0.25, 0.3) is 5.91 Å². The second-order valence-electron chi connectivity index (χ2n) is 6.48. The molecule has 1 unspecified atom stereocenters. The molecule has 0 bridgehead atoms. The lowest BCUT2D eigenvalue weighted by Crippen LogP contribution is -2.46. The number of aromatic nitrogens is 2. The van der Waals surface area contributed by atoms with Crippen LogP contribution < -0.4 is 5.73 Å². The minimum absolute atomic E-state index is 0.0610. The highest BCUT2D eigenvalue weighted by atomic mass is 16.2. The first-order valence-corrected chi connectivity index (χ1v) is 8.72. The number of primary amides is 1. The Hall–Kier alpha value is -2.96. The van der Waals surface area contributed by atoms with Crippen LogP contribution in [0.1, 0.15) is 28.2 Å². The second-order valence-corrected chi connectivity index (χ2v) is 6.48. The summed E-state index contributed by atoms with van der Waals surface area (Å²) in [6.45, 7) is 3.46. The van der Waals surface area contributed by atoms with Crippen LogP contribution in [0.3, 0.4) is 0 Å². The van der Waals surface area contributed by atoms with Crippen LogP contribution in [0.4, 0.5) is 4.79 Å². The largest absolute Gasteiger partial charge is 0.351 e. The Morgan fingerprint density at radius 1 is 1.27 bits per heavy atom. The van der Waals surface area contributed by atoms with Crippen LogP contribution in [-0.2, 0) is 6.42 Å². The summed E-state index contributed by atoms with van der Waals surface area (Å²) >= 11 is 0. The van der Waals surface area contributed by atoms with E-state index in [1.807, 2.05) is 31.2 Å². The van der Waals surface area contributed by atoms with Crippen molar-refractivity contribution in [2.75, 3.05) is 19.6 Å². The molecular formula is C19H23N5O2. The van der Waals surface area contributed by atoms with Crippen LogP contribution in [0.15, 0.2) is 42.7 Å². The van der Waals surface area contributed by atoms with Crippen molar-refractivity contribution in [3.8, 4) is 0 Å². The van der Waals surface area contributed by atoms with Crippen molar-refractivity contribution in [3.05, 3.63) is 59.7 Å². The van der Waals surface area contributed by atoms with Gasteiger partial charge in [0, 0.05) is 49.8 Å². The summed E-state index contributed by atoms with van der Waals surface area (Å²) in [6.07, 6.45) is 4.68. The van der Waals surface area contributed by atoms with Gasteiger partial charge in [-0.25, -0.2) is 4.79 Å². The van der Waals surface area contributed by atoms with E-state index in [9.17, 15) is 9.59 Å². The lowest BCUT2D eigenvalue weighted by molar-refractivity contribution is 0.0780. The van der Waals surface area contributed by atoms with Crippen molar-refractivity contribution in [1.29, 1.82) is 0 Å². The summed E-state index contributed by atoms with van der Waals surface area (Å²) in [6, 6.07) is 8.77. The number of aryl methyl sites for hydroxylation is 1. The monoisotopic (exact) mass is 353 g/mol. The smallest absolute Gasteiger partial charge is 0.315 e. The van der Waals surface area contributed by atoms with E-state index in [4.69, 9.17) is 5.73 Å². The maximum atomic E-state index is 12.6. The van der Waals surface area contributed by atoms with Crippen molar-refractivity contribution < 1.29 is 9.59 Å². The molecule has 7 nitrogen and oxygen atoms in total. The first-order chi connectivity index (χ1) is 12.5. The van der Waals surface area contributed by atoms with E-state index in [2.05, 4.69) is 9.97 Å². The molecule has 1 aliphatic rings. The van der Waals surface area contributed by atoms with E-state index in [0.717, 1.165) is 17.8 Å². The number of pyridine rings is 2. The normalized spacial score (nSPS) is 16.5. The van der Waals surface area contributed by atoms with Gasteiger partial charge in [0.2, 0.25) is 0 Å². The summed E-state index contributed by atoms with van der Waals surface area (Å²) in [7, 11) is 0. The summed E-state index contributed by atoms with van der Waals surface area (Å²) in [5, 5.41) is 0. The van der Waals surface area contributed by atoms with Gasteiger partial charge >= 0.3 is 6.03 Å². The van der Waals surface area contributed by atoms with Gasteiger partial charge in [-0.2, -0.15) is 0 Å². The number of carbonyl (C=O) groups is 2. The van der Waals surface area contributed by atoms with Crippen LogP contribution in [0.5, 0.6) is 0 Å². The van der Waals surface area contributed by atoms with Crippen LogP contribution in [0, 0.1) is 6.92 Å². The number of nitrogens with zero attached hydrogens (tertiary/aromatic N) is 4. The number of urea groups is 1. The van der Waals surface area contributed by atoms with Crippen molar-refractivity contribution in [2.45, 2.75) is 25.8 Å². The fraction of sp³-hybridized carbons (Fsp3) is 0.368. The van der Waals surface area contributed by atoms with Crippen LogP contribution in [-0.4, -0.2) is 57.4 Å². The fourth-order valence-electron chi connectivity index (χ4n) is 3.21. The number of likely N-dealkylation sites (tertiary alicyclic amines) is 1. The third-order valence-electron chi connectivity index (χ3n) is 4.67. The van der Waals surface area contributed by atoms with E-state index in [1.54, 1.807) is 28.3 Å². The maximum Gasteiger partial charge on any atom is 0.315 e. The van der Waals surface area contributed by atoms with Gasteiger partial charge < -0.3 is 15.5 Å². The highest BCUT2D eigenvalue weighted by Crippen LogP contribution is 2.18. The molecular weight excluding hydrogens is 330 g/mol. The topological polar surface area (TPSA) is 92.4 Å². The number of amides is 3. The summed E-state index contributed by atoms with van der Waals surface area (Å²) in [5.41, 5.74) is 7.93. The highest BCUT2D eigenvalue weighted by Gasteiger charge is 2.32. The molecule has 0 saturated carbocycles. The van der Waals surface area contributed by atoms with E-state index >= 15 is 0 Å². The number of hydrogen-bond acceptors (Lipinski definition) is 4. The molecule has 26 heavy (non-hydrogen) atoms. The van der Waals surface area contributed by atoms with E-state index in [-0.39, 0.29) is 11.9 Å². The minimum Gasteiger partial charge on any atom is -0.351 e. The molecule has 0 radical (unpaired) electrons. The SMILES string of the molecule is Cc1ccc(C(=O)N2CCC(N(CCc3ccccn3)C(N)=O)C2)cn1. The van der Waals surface area contributed by atoms with Gasteiger partial charge in [-0.3, -0.25) is 14.8 Å². The molecule has 3 amide bonds. The lowest BCUT2D eigenvalue weighted by atomic mass is 10.2. The maximum absolute atomic E-state index is 12.6. The molecule has 0 aliphatic carbocycles. The molecule has 1 aliphatic heterocycles. The Morgan fingerprint density at radius 3 is 2.77 bits per heavy atom. The number of carbonyl (C=O) groups excluding carboxylic acids is 2. The van der Waals surface area contributed by atoms with E-state index in [0.29, 0.717) is 31.6 Å². The zero-order valence-electron chi connectivity index (χ0n) is 14.8. The first-order valence-electron chi connectivity index (χ1n) is 8.72. The Balaban J connectivity index is 1.62. The standard InChI is InChI=1S/C19H23N5O2/c1-14-5-6-15(12-22-14)18(25)23-10-8-17(13-23)24(19(20)26)11-7-16-4-2-3-9-21-16/h2-6,9,12,17H,7-8,10-11,13H2,1H3,(H2,20,26). The van der Waals surface area contributed by atoms with Gasteiger partial charge in [0.05, 0.1) is 11.6 Å². The summed E-state index contributed by atoms with van der Waals surface area (Å²) in [5.74, 6) is -0.0610. The van der Waals surface area contributed by atoms with Gasteiger partial charge in [0.1, 0.15) is 0 Å². The molecule has 1 atom stereocenters. The Labute approximate surface area is 152 Å². The molecule has 2 N–H and O–H groups in total. The zero-order valence-corrected chi connectivity index (χ0v) is 14.8. The number of hydrogen-bond donors (Lipinski definition) is 1. The quantitative estimate of drug-likeness (QED) is 0.884. The average Bonchev–Trinajstić information content (AvgIpc) is 3.12. The molecule has 7 heteroatoms. The fourth-order valence-corrected chi connectivity index (χ4v) is 3.21. The Morgan fingerprint density at radius 2 is 2.12 bits per heavy atom. The van der Waals surface area contributed by atoms with Crippen molar-refractivity contribution in [2.24, 2.45) is 5.73 Å². The molecule has 3 heterocycles. The first kappa shape index (κ1) is 17.8. The third-order valence-corrected chi connectivity index (χ3v) is 4.67. The highest BCUT2D eigenvalue weighted by molar-refractivity contribution is 5.94. The van der Waals surface area contributed by atoms with E-state index < -0.39 is 6.03 Å². The van der Waals surface area contributed by atoms with Crippen LogP contribution >= 0.6 is 0 Å². The van der Waals surface area contributed by atoms with Gasteiger partial charge in [0.15, 0.2) is 0 Å². The molecule has 1 saturated heterocycles. The van der Waals surface area contributed by atoms with Crippen LogP contribution in [0.2, 0.25) is 0 Å². The molecule has 2 aromatic heterocycles.